The number of amides is 2. The fraction of sp³-hybridized carbons (Fsp3) is 0.522. The first-order valence-electron chi connectivity index (χ1n) is 10.7. The lowest BCUT2D eigenvalue weighted by Gasteiger charge is -2.36. The van der Waals surface area contributed by atoms with Gasteiger partial charge in [0.25, 0.3) is 0 Å². The van der Waals surface area contributed by atoms with E-state index < -0.39 is 11.7 Å². The van der Waals surface area contributed by atoms with Crippen LogP contribution >= 0.6 is 11.6 Å². The number of carbonyl (C=O) groups is 2. The van der Waals surface area contributed by atoms with Crippen molar-refractivity contribution in [2.24, 2.45) is 0 Å². The van der Waals surface area contributed by atoms with Gasteiger partial charge in [0, 0.05) is 37.5 Å². The van der Waals surface area contributed by atoms with Crippen LogP contribution in [0, 0.1) is 0 Å². The Hall–Kier alpha value is -2.54. The molecule has 2 amide bonds. The molecule has 168 valence electrons. The van der Waals surface area contributed by atoms with Crippen LogP contribution in [0.15, 0.2) is 34.9 Å². The molecule has 1 atom stereocenters. The van der Waals surface area contributed by atoms with Crippen molar-refractivity contribution in [1.29, 1.82) is 0 Å². The summed E-state index contributed by atoms with van der Waals surface area (Å²) in [7, 11) is 0. The molecule has 0 bridgehead atoms. The summed E-state index contributed by atoms with van der Waals surface area (Å²) in [6, 6.07) is 7.37. The van der Waals surface area contributed by atoms with Crippen molar-refractivity contribution in [1.82, 2.24) is 15.2 Å². The Balaban J connectivity index is 1.54. The van der Waals surface area contributed by atoms with Crippen molar-refractivity contribution in [2.75, 3.05) is 13.1 Å². The number of likely N-dealkylation sites (tertiary alicyclic amines) is 1. The summed E-state index contributed by atoms with van der Waals surface area (Å²) in [6.07, 6.45) is 4.73. The first kappa shape index (κ1) is 23.1. The Morgan fingerprint density at radius 2 is 2.06 bits per heavy atom. The number of hydrogen-bond acceptors (Lipinski definition) is 5. The third-order valence-electron chi connectivity index (χ3n) is 5.07. The summed E-state index contributed by atoms with van der Waals surface area (Å²) in [5.74, 6) is 1.13. The van der Waals surface area contributed by atoms with E-state index in [1.165, 1.54) is 0 Å². The summed E-state index contributed by atoms with van der Waals surface area (Å²) in [4.78, 5) is 31.0. The number of oxazole rings is 1. The number of halogens is 1. The standard InChI is InChI=1S/C23H30ClN3O4/c1-23(2,3)31-22(29)26-14-16-8-6-7-13-27(16)21(28)12-11-20-25-15-19(30-20)17-9-4-5-10-18(17)24/h4-5,9-10,15-16H,6-8,11-14H2,1-3H3,(H,26,29). The van der Waals surface area contributed by atoms with Gasteiger partial charge in [-0.3, -0.25) is 4.79 Å². The lowest BCUT2D eigenvalue weighted by atomic mass is 10.0. The van der Waals surface area contributed by atoms with Crippen LogP contribution in [0.25, 0.3) is 11.3 Å². The average molecular weight is 448 g/mol. The average Bonchev–Trinajstić information content (AvgIpc) is 3.18. The Kier molecular flexibility index (Phi) is 7.59. The van der Waals surface area contributed by atoms with Crippen molar-refractivity contribution in [3.8, 4) is 11.3 Å². The van der Waals surface area contributed by atoms with Crippen molar-refractivity contribution in [3.05, 3.63) is 41.4 Å². The number of aromatic nitrogens is 1. The zero-order chi connectivity index (χ0) is 22.4. The van der Waals surface area contributed by atoms with E-state index in [1.54, 1.807) is 12.3 Å². The van der Waals surface area contributed by atoms with Gasteiger partial charge in [-0.1, -0.05) is 23.7 Å². The number of benzene rings is 1. The number of hydrogen-bond donors (Lipinski definition) is 1. The second-order valence-corrected chi connectivity index (χ2v) is 9.12. The van der Waals surface area contributed by atoms with Crippen LogP contribution in [-0.4, -0.2) is 46.6 Å². The molecular formula is C23H30ClN3O4. The molecule has 31 heavy (non-hydrogen) atoms. The van der Waals surface area contributed by atoms with Gasteiger partial charge < -0.3 is 19.4 Å². The number of alkyl carbamates (subject to hydrolysis) is 1. The second kappa shape index (κ2) is 10.2. The molecular weight excluding hydrogens is 418 g/mol. The topological polar surface area (TPSA) is 84.7 Å². The van der Waals surface area contributed by atoms with E-state index in [-0.39, 0.29) is 11.9 Å². The summed E-state index contributed by atoms with van der Waals surface area (Å²) in [5.41, 5.74) is 0.226. The predicted molar refractivity (Wildman–Crippen MR) is 119 cm³/mol. The van der Waals surface area contributed by atoms with E-state index >= 15 is 0 Å². The molecule has 1 aromatic heterocycles. The van der Waals surface area contributed by atoms with Crippen LogP contribution in [0.3, 0.4) is 0 Å². The fourth-order valence-corrected chi connectivity index (χ4v) is 3.85. The van der Waals surface area contributed by atoms with E-state index in [4.69, 9.17) is 20.8 Å². The number of ether oxygens (including phenoxy) is 1. The van der Waals surface area contributed by atoms with Gasteiger partial charge in [-0.25, -0.2) is 9.78 Å². The molecule has 2 heterocycles. The summed E-state index contributed by atoms with van der Waals surface area (Å²) >= 11 is 6.21. The molecule has 1 saturated heterocycles. The summed E-state index contributed by atoms with van der Waals surface area (Å²) < 4.78 is 11.1. The van der Waals surface area contributed by atoms with E-state index in [2.05, 4.69) is 10.3 Å². The Morgan fingerprint density at radius 1 is 1.29 bits per heavy atom. The van der Waals surface area contributed by atoms with Gasteiger partial charge in [0.05, 0.1) is 11.2 Å². The minimum absolute atomic E-state index is 0.0305. The van der Waals surface area contributed by atoms with Crippen molar-refractivity contribution in [3.63, 3.8) is 0 Å². The van der Waals surface area contributed by atoms with Crippen LogP contribution in [-0.2, 0) is 16.0 Å². The molecule has 8 heteroatoms. The highest BCUT2D eigenvalue weighted by atomic mass is 35.5. The van der Waals surface area contributed by atoms with Gasteiger partial charge in [0.1, 0.15) is 5.60 Å². The van der Waals surface area contributed by atoms with Gasteiger partial charge in [-0.2, -0.15) is 0 Å². The number of piperidine rings is 1. The molecule has 0 saturated carbocycles. The molecule has 3 rings (SSSR count). The molecule has 1 aromatic carbocycles. The third kappa shape index (κ3) is 6.72. The monoisotopic (exact) mass is 447 g/mol. The lowest BCUT2D eigenvalue weighted by Crippen LogP contribution is -2.50. The van der Waals surface area contributed by atoms with Crippen molar-refractivity contribution >= 4 is 23.6 Å². The minimum Gasteiger partial charge on any atom is -0.444 e. The minimum atomic E-state index is -0.551. The zero-order valence-electron chi connectivity index (χ0n) is 18.3. The molecule has 1 unspecified atom stereocenters. The fourth-order valence-electron chi connectivity index (χ4n) is 3.63. The van der Waals surface area contributed by atoms with Gasteiger partial charge in [-0.05, 0) is 52.2 Å². The summed E-state index contributed by atoms with van der Waals surface area (Å²) in [5, 5.41) is 3.39. The quantitative estimate of drug-likeness (QED) is 0.685. The van der Waals surface area contributed by atoms with Crippen molar-refractivity contribution in [2.45, 2.75) is 64.5 Å². The van der Waals surface area contributed by atoms with Crippen LogP contribution < -0.4 is 5.32 Å². The molecule has 0 aliphatic carbocycles. The smallest absolute Gasteiger partial charge is 0.407 e. The first-order chi connectivity index (χ1) is 14.7. The highest BCUT2D eigenvalue weighted by Crippen LogP contribution is 2.28. The molecule has 1 fully saturated rings. The third-order valence-corrected chi connectivity index (χ3v) is 5.40. The van der Waals surface area contributed by atoms with Crippen LogP contribution in [0.2, 0.25) is 5.02 Å². The Bertz CT molecular complexity index is 906. The van der Waals surface area contributed by atoms with Gasteiger partial charge in [0.15, 0.2) is 11.7 Å². The Morgan fingerprint density at radius 3 is 2.81 bits per heavy atom. The number of carbonyl (C=O) groups excluding carboxylic acids is 2. The van der Waals surface area contributed by atoms with Crippen LogP contribution in [0.1, 0.15) is 52.3 Å². The van der Waals surface area contributed by atoms with Crippen LogP contribution in [0.4, 0.5) is 4.79 Å². The number of nitrogens with zero attached hydrogens (tertiary/aromatic N) is 2. The predicted octanol–water partition coefficient (Wildman–Crippen LogP) is 4.83. The SMILES string of the molecule is CC(C)(C)OC(=O)NCC1CCCCN1C(=O)CCc1ncc(-c2ccccc2Cl)o1. The second-order valence-electron chi connectivity index (χ2n) is 8.72. The number of nitrogens with one attached hydrogen (secondary N) is 1. The van der Waals surface area contributed by atoms with E-state index in [0.29, 0.717) is 42.6 Å². The first-order valence-corrected chi connectivity index (χ1v) is 11.1. The number of rotatable bonds is 6. The molecule has 1 aliphatic rings. The highest BCUT2D eigenvalue weighted by molar-refractivity contribution is 6.33. The molecule has 1 aliphatic heterocycles. The van der Waals surface area contributed by atoms with Crippen LogP contribution in [0.5, 0.6) is 0 Å². The molecule has 2 aromatic rings. The van der Waals surface area contributed by atoms with Crippen molar-refractivity contribution < 1.29 is 18.7 Å². The largest absolute Gasteiger partial charge is 0.444 e. The van der Waals surface area contributed by atoms with E-state index in [1.807, 2.05) is 43.9 Å². The molecule has 1 N–H and O–H groups in total. The zero-order valence-corrected chi connectivity index (χ0v) is 19.1. The van der Waals surface area contributed by atoms with Gasteiger partial charge in [-0.15, -0.1) is 0 Å². The molecule has 7 nitrogen and oxygen atoms in total. The van der Waals surface area contributed by atoms with Gasteiger partial charge >= 0.3 is 6.09 Å². The van der Waals surface area contributed by atoms with E-state index in [0.717, 1.165) is 24.8 Å². The lowest BCUT2D eigenvalue weighted by molar-refractivity contribution is -0.134. The highest BCUT2D eigenvalue weighted by Gasteiger charge is 2.28. The van der Waals surface area contributed by atoms with Gasteiger partial charge in [0.2, 0.25) is 5.91 Å². The maximum Gasteiger partial charge on any atom is 0.407 e. The Labute approximate surface area is 188 Å². The van der Waals surface area contributed by atoms with E-state index in [9.17, 15) is 9.59 Å². The molecule has 0 spiro atoms. The molecule has 0 radical (unpaired) electrons. The normalized spacial score (nSPS) is 16.8. The summed E-state index contributed by atoms with van der Waals surface area (Å²) in [6.45, 7) is 6.54. The maximum atomic E-state index is 12.9. The number of aryl methyl sites for hydroxylation is 1. The maximum absolute atomic E-state index is 12.9.